The fourth-order valence-electron chi connectivity index (χ4n) is 2.66. The van der Waals surface area contributed by atoms with Crippen LogP contribution in [0.15, 0.2) is 29.2 Å². The number of nitro benzene ring substituents is 1. The van der Waals surface area contributed by atoms with E-state index in [1.807, 2.05) is 19.9 Å². The fraction of sp³-hybridized carbons (Fsp3) is 0.294. The third-order valence-electron chi connectivity index (χ3n) is 4.22. The van der Waals surface area contributed by atoms with E-state index in [1.54, 1.807) is 20.8 Å². The molecule has 0 unspecified atom stereocenters. The van der Waals surface area contributed by atoms with Crippen LogP contribution in [0.25, 0.3) is 0 Å². The van der Waals surface area contributed by atoms with Gasteiger partial charge in [-0.1, -0.05) is 12.1 Å². The van der Waals surface area contributed by atoms with Crippen molar-refractivity contribution in [2.75, 3.05) is 4.72 Å². The first-order chi connectivity index (χ1) is 11.0. The van der Waals surface area contributed by atoms with Crippen molar-refractivity contribution in [3.05, 3.63) is 62.2 Å². The summed E-state index contributed by atoms with van der Waals surface area (Å²) in [4.78, 5) is 10.7. The number of hydrogen-bond acceptors (Lipinski definition) is 4. The van der Waals surface area contributed by atoms with Gasteiger partial charge in [0, 0.05) is 11.6 Å². The van der Waals surface area contributed by atoms with Gasteiger partial charge in [0.2, 0.25) is 0 Å². The Balaban J connectivity index is 2.55. The molecule has 0 saturated carbocycles. The first-order valence-electron chi connectivity index (χ1n) is 7.40. The number of nitrogens with zero attached hydrogens (tertiary/aromatic N) is 1. The zero-order chi connectivity index (χ0) is 18.2. The second kappa shape index (κ2) is 6.24. The molecule has 0 heterocycles. The highest BCUT2D eigenvalue weighted by Crippen LogP contribution is 2.29. The summed E-state index contributed by atoms with van der Waals surface area (Å²) < 4.78 is 28.1. The minimum atomic E-state index is -3.85. The third kappa shape index (κ3) is 3.26. The lowest BCUT2D eigenvalue weighted by molar-refractivity contribution is -0.385. The summed E-state index contributed by atoms with van der Waals surface area (Å²) in [6.45, 7) is 8.84. The molecule has 0 radical (unpaired) electrons. The van der Waals surface area contributed by atoms with Gasteiger partial charge < -0.3 is 0 Å². The summed E-state index contributed by atoms with van der Waals surface area (Å²) in [5, 5.41) is 11.0. The van der Waals surface area contributed by atoms with Gasteiger partial charge in [-0.25, -0.2) is 8.42 Å². The van der Waals surface area contributed by atoms with E-state index in [-0.39, 0.29) is 16.3 Å². The van der Waals surface area contributed by atoms with E-state index >= 15 is 0 Å². The number of nitrogens with one attached hydrogen (secondary N) is 1. The van der Waals surface area contributed by atoms with Crippen LogP contribution in [0.2, 0.25) is 0 Å². The van der Waals surface area contributed by atoms with Crippen molar-refractivity contribution in [3.8, 4) is 0 Å². The third-order valence-corrected chi connectivity index (χ3v) is 5.88. The Bertz CT molecular complexity index is 908. The summed E-state index contributed by atoms with van der Waals surface area (Å²) in [5.74, 6) is 0. The molecule has 1 N–H and O–H groups in total. The molecule has 6 nitrogen and oxygen atoms in total. The van der Waals surface area contributed by atoms with Crippen molar-refractivity contribution >= 4 is 21.4 Å². The Morgan fingerprint density at radius 2 is 1.46 bits per heavy atom. The van der Waals surface area contributed by atoms with Crippen LogP contribution in [0.4, 0.5) is 11.4 Å². The van der Waals surface area contributed by atoms with E-state index in [0.717, 1.165) is 11.1 Å². The highest BCUT2D eigenvalue weighted by molar-refractivity contribution is 7.92. The van der Waals surface area contributed by atoms with Gasteiger partial charge in [-0.05, 0) is 62.9 Å². The second-order valence-corrected chi connectivity index (χ2v) is 7.57. The number of sulfonamides is 1. The normalized spacial score (nSPS) is 11.4. The van der Waals surface area contributed by atoms with Crippen LogP contribution in [0.5, 0.6) is 0 Å². The molecule has 0 aliphatic rings. The Kier molecular flexibility index (Phi) is 4.66. The number of anilines is 1. The predicted molar refractivity (Wildman–Crippen MR) is 94.0 cm³/mol. The van der Waals surface area contributed by atoms with Gasteiger partial charge in [0.1, 0.15) is 0 Å². The highest BCUT2D eigenvalue weighted by atomic mass is 32.2. The standard InChI is InChI=1S/C17H20N2O4S/c1-10-6-7-15(9-16(10)19(20)21)18-24(22,23)17-13(4)11(2)8-12(3)14(17)5/h6-9,18H,1-5H3. The van der Waals surface area contributed by atoms with Crippen molar-refractivity contribution < 1.29 is 13.3 Å². The van der Waals surface area contributed by atoms with Crippen molar-refractivity contribution in [2.24, 2.45) is 0 Å². The molecule has 0 aliphatic carbocycles. The van der Waals surface area contributed by atoms with Crippen LogP contribution >= 0.6 is 0 Å². The first kappa shape index (κ1) is 17.9. The minimum Gasteiger partial charge on any atom is -0.279 e. The van der Waals surface area contributed by atoms with Crippen LogP contribution in [0.3, 0.4) is 0 Å². The van der Waals surface area contributed by atoms with Crippen molar-refractivity contribution in [1.82, 2.24) is 0 Å². The smallest absolute Gasteiger partial charge is 0.274 e. The van der Waals surface area contributed by atoms with Gasteiger partial charge in [0.05, 0.1) is 15.5 Å². The maximum Gasteiger partial charge on any atom is 0.274 e. The van der Waals surface area contributed by atoms with Gasteiger partial charge in [0.25, 0.3) is 15.7 Å². The molecule has 0 aliphatic heterocycles. The number of hydrogen-bond donors (Lipinski definition) is 1. The second-order valence-electron chi connectivity index (χ2n) is 5.95. The van der Waals surface area contributed by atoms with Gasteiger partial charge in [-0.15, -0.1) is 0 Å². The Morgan fingerprint density at radius 3 is 1.96 bits per heavy atom. The van der Waals surface area contributed by atoms with Gasteiger partial charge in [-0.2, -0.15) is 0 Å². The van der Waals surface area contributed by atoms with Crippen molar-refractivity contribution in [2.45, 2.75) is 39.5 Å². The molecular weight excluding hydrogens is 328 g/mol. The minimum absolute atomic E-state index is 0.121. The molecule has 0 aromatic heterocycles. The highest BCUT2D eigenvalue weighted by Gasteiger charge is 2.23. The molecule has 0 amide bonds. The number of benzene rings is 2. The van der Waals surface area contributed by atoms with Crippen LogP contribution in [0, 0.1) is 44.7 Å². The maximum atomic E-state index is 12.8. The molecule has 0 spiro atoms. The first-order valence-corrected chi connectivity index (χ1v) is 8.88. The molecule has 0 fully saturated rings. The average molecular weight is 348 g/mol. The van der Waals surface area contributed by atoms with Crippen LogP contribution < -0.4 is 4.72 Å². The number of aryl methyl sites for hydroxylation is 3. The lowest BCUT2D eigenvalue weighted by atomic mass is 10.0. The van der Waals surface area contributed by atoms with Gasteiger partial charge >= 0.3 is 0 Å². The lowest BCUT2D eigenvalue weighted by Crippen LogP contribution is -2.17. The number of nitro groups is 1. The summed E-state index contributed by atoms with van der Waals surface area (Å²) in [6, 6.07) is 6.23. The molecule has 2 rings (SSSR count). The number of rotatable bonds is 4. The Labute approximate surface area is 141 Å². The van der Waals surface area contributed by atoms with Crippen molar-refractivity contribution in [3.63, 3.8) is 0 Å². The van der Waals surface area contributed by atoms with E-state index in [1.165, 1.54) is 18.2 Å². The van der Waals surface area contributed by atoms with Crippen LogP contribution in [-0.2, 0) is 10.0 Å². The molecule has 0 saturated heterocycles. The summed E-state index contributed by atoms with van der Waals surface area (Å²) in [7, 11) is -3.85. The SMILES string of the molecule is Cc1ccc(NS(=O)(=O)c2c(C)c(C)cc(C)c2C)cc1[N+](=O)[O-]. The maximum absolute atomic E-state index is 12.8. The molecule has 0 atom stereocenters. The zero-order valence-electron chi connectivity index (χ0n) is 14.3. The van der Waals surface area contributed by atoms with E-state index in [0.29, 0.717) is 16.7 Å². The van der Waals surface area contributed by atoms with Crippen LogP contribution in [0.1, 0.15) is 27.8 Å². The predicted octanol–water partition coefficient (Wildman–Crippen LogP) is 3.94. The summed E-state index contributed by atoms with van der Waals surface area (Å²) in [5.41, 5.74) is 3.64. The monoisotopic (exact) mass is 348 g/mol. The fourth-order valence-corrected chi connectivity index (χ4v) is 4.33. The lowest BCUT2D eigenvalue weighted by Gasteiger charge is -2.16. The molecule has 2 aromatic rings. The topological polar surface area (TPSA) is 89.3 Å². The van der Waals surface area contributed by atoms with Gasteiger partial charge in [0.15, 0.2) is 0 Å². The van der Waals surface area contributed by atoms with E-state index in [4.69, 9.17) is 0 Å². The van der Waals surface area contributed by atoms with Gasteiger partial charge in [-0.3, -0.25) is 14.8 Å². The molecule has 24 heavy (non-hydrogen) atoms. The summed E-state index contributed by atoms with van der Waals surface area (Å²) >= 11 is 0. The van der Waals surface area contributed by atoms with E-state index < -0.39 is 14.9 Å². The van der Waals surface area contributed by atoms with Crippen LogP contribution in [-0.4, -0.2) is 13.3 Å². The van der Waals surface area contributed by atoms with Crippen molar-refractivity contribution in [1.29, 1.82) is 0 Å². The molecule has 2 aromatic carbocycles. The zero-order valence-corrected chi connectivity index (χ0v) is 15.1. The van der Waals surface area contributed by atoms with E-state index in [9.17, 15) is 18.5 Å². The summed E-state index contributed by atoms with van der Waals surface area (Å²) in [6.07, 6.45) is 0. The largest absolute Gasteiger partial charge is 0.279 e. The quantitative estimate of drug-likeness (QED) is 0.669. The Morgan fingerprint density at radius 1 is 0.917 bits per heavy atom. The van der Waals surface area contributed by atoms with E-state index in [2.05, 4.69) is 4.72 Å². The molecular formula is C17H20N2O4S. The Hall–Kier alpha value is -2.41. The molecule has 7 heteroatoms. The average Bonchev–Trinajstić information content (AvgIpc) is 2.46. The molecule has 128 valence electrons. The molecule has 0 bridgehead atoms.